The number of rotatable bonds is 2. The minimum atomic E-state index is -0.603. The molecule has 2 heterocycles. The summed E-state index contributed by atoms with van der Waals surface area (Å²) in [6, 6.07) is 5.40. The molecule has 1 saturated heterocycles. The molecule has 116 valence electrons. The maximum absolute atomic E-state index is 11.5. The lowest BCUT2D eigenvalue weighted by atomic mass is 9.79. The molecule has 0 N–H and O–H groups in total. The molecule has 22 heavy (non-hydrogen) atoms. The number of ether oxygens (including phenoxy) is 1. The van der Waals surface area contributed by atoms with Crippen LogP contribution >= 0.6 is 0 Å². The summed E-state index contributed by atoms with van der Waals surface area (Å²) in [6.07, 6.45) is 0. The standard InChI is InChI=1S/C15H18BNO5/c1-14(2)15(3,4)22-16(21-14)9-6-7-10-11(8-9)20-12(17-10)13(18)19-5/h6-8H,1-5H3. The Morgan fingerprint density at radius 2 is 1.82 bits per heavy atom. The largest absolute Gasteiger partial charge is 0.494 e. The van der Waals surface area contributed by atoms with E-state index in [4.69, 9.17) is 13.7 Å². The summed E-state index contributed by atoms with van der Waals surface area (Å²) in [5, 5.41) is 0. The lowest BCUT2D eigenvalue weighted by Crippen LogP contribution is -2.41. The van der Waals surface area contributed by atoms with Crippen molar-refractivity contribution in [2.45, 2.75) is 38.9 Å². The highest BCUT2D eigenvalue weighted by Crippen LogP contribution is 2.36. The Kier molecular flexibility index (Phi) is 3.30. The van der Waals surface area contributed by atoms with Gasteiger partial charge in [0.2, 0.25) is 0 Å². The van der Waals surface area contributed by atoms with Gasteiger partial charge in [0.1, 0.15) is 5.52 Å². The van der Waals surface area contributed by atoms with Crippen molar-refractivity contribution >= 4 is 29.7 Å². The molecule has 0 radical (unpaired) electrons. The first-order valence-corrected chi connectivity index (χ1v) is 7.08. The van der Waals surface area contributed by atoms with Crippen LogP contribution in [0.25, 0.3) is 11.1 Å². The third kappa shape index (κ3) is 2.30. The lowest BCUT2D eigenvalue weighted by Gasteiger charge is -2.32. The number of carbonyl (C=O) groups excluding carboxylic acids is 1. The molecule has 0 amide bonds. The van der Waals surface area contributed by atoms with Gasteiger partial charge in [0.05, 0.1) is 18.3 Å². The zero-order chi connectivity index (χ0) is 16.1. The van der Waals surface area contributed by atoms with Gasteiger partial charge >= 0.3 is 19.0 Å². The molecule has 6 nitrogen and oxygen atoms in total. The number of hydrogen-bond donors (Lipinski definition) is 0. The first-order chi connectivity index (χ1) is 10.2. The highest BCUT2D eigenvalue weighted by Gasteiger charge is 2.51. The van der Waals surface area contributed by atoms with Crippen molar-refractivity contribution in [3.63, 3.8) is 0 Å². The van der Waals surface area contributed by atoms with Crippen molar-refractivity contribution in [1.29, 1.82) is 0 Å². The predicted octanol–water partition coefficient (Wildman–Crippen LogP) is 1.91. The van der Waals surface area contributed by atoms with Crippen LogP contribution in [0, 0.1) is 0 Å². The van der Waals surface area contributed by atoms with Crippen molar-refractivity contribution in [2.75, 3.05) is 7.11 Å². The van der Waals surface area contributed by atoms with E-state index in [1.165, 1.54) is 7.11 Å². The molecular formula is C15H18BNO5. The van der Waals surface area contributed by atoms with Gasteiger partial charge in [0.25, 0.3) is 0 Å². The summed E-state index contributed by atoms with van der Waals surface area (Å²) in [4.78, 5) is 15.6. The Labute approximate surface area is 128 Å². The number of aromatic nitrogens is 1. The van der Waals surface area contributed by atoms with Gasteiger partial charge in [-0.1, -0.05) is 6.07 Å². The Bertz CT molecular complexity index is 721. The van der Waals surface area contributed by atoms with Crippen molar-refractivity contribution in [3.05, 3.63) is 24.1 Å². The first-order valence-electron chi connectivity index (χ1n) is 7.08. The van der Waals surface area contributed by atoms with Gasteiger partial charge < -0.3 is 18.5 Å². The molecule has 0 atom stereocenters. The second kappa shape index (κ2) is 4.82. The zero-order valence-electron chi connectivity index (χ0n) is 13.3. The van der Waals surface area contributed by atoms with Gasteiger partial charge in [0, 0.05) is 0 Å². The third-order valence-corrected chi connectivity index (χ3v) is 4.30. The van der Waals surface area contributed by atoms with Gasteiger partial charge in [-0.05, 0) is 45.3 Å². The fourth-order valence-electron chi connectivity index (χ4n) is 2.24. The molecule has 1 fully saturated rings. The van der Waals surface area contributed by atoms with Crippen LogP contribution in [0.4, 0.5) is 0 Å². The van der Waals surface area contributed by atoms with Crippen LogP contribution in [-0.2, 0) is 14.0 Å². The molecule has 1 aliphatic heterocycles. The lowest BCUT2D eigenvalue weighted by molar-refractivity contribution is 0.00578. The quantitative estimate of drug-likeness (QED) is 0.623. The number of esters is 1. The van der Waals surface area contributed by atoms with E-state index in [-0.39, 0.29) is 5.89 Å². The van der Waals surface area contributed by atoms with Gasteiger partial charge in [-0.15, -0.1) is 0 Å². The predicted molar refractivity (Wildman–Crippen MR) is 81.1 cm³/mol. The molecule has 0 spiro atoms. The summed E-state index contributed by atoms with van der Waals surface area (Å²) in [5.74, 6) is -0.669. The zero-order valence-corrected chi connectivity index (χ0v) is 13.3. The molecule has 7 heteroatoms. The Morgan fingerprint density at radius 1 is 1.18 bits per heavy atom. The molecule has 2 aromatic rings. The van der Waals surface area contributed by atoms with Crippen LogP contribution in [0.3, 0.4) is 0 Å². The molecule has 0 bridgehead atoms. The van der Waals surface area contributed by atoms with Crippen LogP contribution in [0.2, 0.25) is 0 Å². The highest BCUT2D eigenvalue weighted by atomic mass is 16.7. The third-order valence-electron chi connectivity index (χ3n) is 4.30. The molecule has 3 rings (SSSR count). The van der Waals surface area contributed by atoms with Crippen LogP contribution in [0.5, 0.6) is 0 Å². The average Bonchev–Trinajstić information content (AvgIpc) is 2.96. The Hall–Kier alpha value is -1.86. The molecule has 0 unspecified atom stereocenters. The number of carbonyl (C=O) groups is 1. The van der Waals surface area contributed by atoms with E-state index >= 15 is 0 Å². The van der Waals surface area contributed by atoms with Gasteiger partial charge in [-0.25, -0.2) is 9.78 Å². The fraction of sp³-hybridized carbons (Fsp3) is 0.467. The summed E-state index contributed by atoms with van der Waals surface area (Å²) < 4.78 is 22.0. The molecular weight excluding hydrogens is 285 g/mol. The van der Waals surface area contributed by atoms with Crippen LogP contribution in [0.15, 0.2) is 22.6 Å². The van der Waals surface area contributed by atoms with Crippen molar-refractivity contribution in [3.8, 4) is 0 Å². The maximum Gasteiger partial charge on any atom is 0.494 e. The van der Waals surface area contributed by atoms with E-state index in [9.17, 15) is 4.79 Å². The molecule has 1 aliphatic rings. The minimum Gasteiger partial charge on any atom is -0.462 e. The van der Waals surface area contributed by atoms with Crippen molar-refractivity contribution in [2.24, 2.45) is 0 Å². The van der Waals surface area contributed by atoms with Crippen LogP contribution in [0.1, 0.15) is 38.4 Å². The van der Waals surface area contributed by atoms with E-state index in [0.717, 1.165) is 5.46 Å². The highest BCUT2D eigenvalue weighted by molar-refractivity contribution is 6.62. The van der Waals surface area contributed by atoms with Gasteiger partial charge in [-0.2, -0.15) is 0 Å². The monoisotopic (exact) mass is 303 g/mol. The smallest absolute Gasteiger partial charge is 0.462 e. The molecule has 0 aliphatic carbocycles. The number of oxazole rings is 1. The number of nitrogens with zero attached hydrogens (tertiary/aromatic N) is 1. The second-order valence-electron chi connectivity index (χ2n) is 6.33. The maximum atomic E-state index is 11.5. The van der Waals surface area contributed by atoms with E-state index in [1.807, 2.05) is 33.8 Å². The number of methoxy groups -OCH3 is 1. The summed E-state index contributed by atoms with van der Waals surface area (Å²) >= 11 is 0. The van der Waals surface area contributed by atoms with E-state index < -0.39 is 24.3 Å². The number of benzene rings is 1. The van der Waals surface area contributed by atoms with Crippen LogP contribution < -0.4 is 5.46 Å². The fourth-order valence-corrected chi connectivity index (χ4v) is 2.24. The topological polar surface area (TPSA) is 70.8 Å². The average molecular weight is 303 g/mol. The normalized spacial score (nSPS) is 19.6. The minimum absolute atomic E-state index is 0.0661. The van der Waals surface area contributed by atoms with E-state index in [1.54, 1.807) is 12.1 Å². The van der Waals surface area contributed by atoms with Gasteiger partial charge in [0.15, 0.2) is 5.58 Å². The molecule has 0 saturated carbocycles. The first kappa shape index (κ1) is 15.1. The van der Waals surface area contributed by atoms with Crippen molar-refractivity contribution < 1.29 is 23.3 Å². The van der Waals surface area contributed by atoms with Gasteiger partial charge in [-0.3, -0.25) is 0 Å². The van der Waals surface area contributed by atoms with Crippen LogP contribution in [-0.4, -0.2) is 36.4 Å². The number of fused-ring (bicyclic) bond motifs is 1. The molecule has 1 aromatic heterocycles. The van der Waals surface area contributed by atoms with E-state index in [2.05, 4.69) is 9.72 Å². The summed E-state index contributed by atoms with van der Waals surface area (Å²) in [7, 11) is 0.800. The summed E-state index contributed by atoms with van der Waals surface area (Å²) in [6.45, 7) is 7.98. The summed E-state index contributed by atoms with van der Waals surface area (Å²) in [5.41, 5.74) is 1.07. The Balaban J connectivity index is 1.95. The number of hydrogen-bond acceptors (Lipinski definition) is 6. The SMILES string of the molecule is COC(=O)c1nc2ccc(B3OC(C)(C)C(C)(C)O3)cc2o1. The van der Waals surface area contributed by atoms with E-state index in [0.29, 0.717) is 11.1 Å². The molecule has 1 aromatic carbocycles. The Morgan fingerprint density at radius 3 is 2.41 bits per heavy atom. The second-order valence-corrected chi connectivity index (χ2v) is 6.33. The van der Waals surface area contributed by atoms with Crippen molar-refractivity contribution in [1.82, 2.24) is 4.98 Å².